The van der Waals surface area contributed by atoms with Crippen LogP contribution in [-0.4, -0.2) is 29.0 Å². The molecule has 156 valence electrons. The van der Waals surface area contributed by atoms with Crippen LogP contribution in [-0.2, 0) is 17.6 Å². The van der Waals surface area contributed by atoms with E-state index in [1.165, 1.54) is 12.8 Å². The molecule has 2 heterocycles. The molecule has 0 unspecified atom stereocenters. The molecule has 2 aromatic heterocycles. The van der Waals surface area contributed by atoms with Crippen LogP contribution in [0.15, 0.2) is 47.2 Å². The molecule has 1 aliphatic carbocycles. The molecule has 4 rings (SSSR count). The van der Waals surface area contributed by atoms with Crippen LogP contribution in [0.1, 0.15) is 42.6 Å². The molecule has 0 N–H and O–H groups in total. The molecule has 1 saturated carbocycles. The highest BCUT2D eigenvalue weighted by Crippen LogP contribution is 2.35. The third kappa shape index (κ3) is 4.70. The van der Waals surface area contributed by atoms with E-state index in [2.05, 4.69) is 9.97 Å². The fraction of sp³-hybridized carbons (Fsp3) is 0.375. The molecule has 1 aromatic carbocycles. The molecule has 1 fully saturated rings. The number of oxazole rings is 1. The van der Waals surface area contributed by atoms with Gasteiger partial charge < -0.3 is 13.9 Å². The molecule has 0 radical (unpaired) electrons. The molecule has 30 heavy (non-hydrogen) atoms. The molecule has 0 saturated heterocycles. The molecular formula is C24H26N2O4. The van der Waals surface area contributed by atoms with E-state index in [1.54, 1.807) is 19.6 Å². The summed E-state index contributed by atoms with van der Waals surface area (Å²) < 4.78 is 17.2. The van der Waals surface area contributed by atoms with Gasteiger partial charge in [0.1, 0.15) is 12.0 Å². The molecule has 6 heteroatoms. The maximum atomic E-state index is 12.5. The van der Waals surface area contributed by atoms with E-state index in [0.29, 0.717) is 23.1 Å². The molecular weight excluding hydrogens is 380 g/mol. The summed E-state index contributed by atoms with van der Waals surface area (Å²) in [6.07, 6.45) is 8.49. The minimum atomic E-state index is 0.0524. The molecule has 1 aliphatic rings. The Kier molecular flexibility index (Phi) is 6.12. The Balaban J connectivity index is 1.46. The minimum Gasteiger partial charge on any atom is -0.493 e. The van der Waals surface area contributed by atoms with Gasteiger partial charge in [0.2, 0.25) is 5.89 Å². The van der Waals surface area contributed by atoms with Gasteiger partial charge in [-0.2, -0.15) is 0 Å². The molecule has 3 aromatic rings. The lowest BCUT2D eigenvalue weighted by molar-refractivity contribution is -0.117. The second kappa shape index (κ2) is 9.11. The van der Waals surface area contributed by atoms with Gasteiger partial charge in [0, 0.05) is 18.2 Å². The van der Waals surface area contributed by atoms with E-state index in [0.717, 1.165) is 29.7 Å². The Bertz CT molecular complexity index is 1020. The summed E-state index contributed by atoms with van der Waals surface area (Å²) in [6, 6.07) is 9.46. The predicted molar refractivity (Wildman–Crippen MR) is 113 cm³/mol. The van der Waals surface area contributed by atoms with Crippen molar-refractivity contribution in [1.82, 2.24) is 9.97 Å². The summed E-state index contributed by atoms with van der Waals surface area (Å²) in [5, 5.41) is 0. The van der Waals surface area contributed by atoms with Gasteiger partial charge in [0.25, 0.3) is 0 Å². The Labute approximate surface area is 176 Å². The minimum absolute atomic E-state index is 0.0524. The summed E-state index contributed by atoms with van der Waals surface area (Å²) in [7, 11) is 1.63. The standard InChI is InChI=1S/C24H26N2O4/c1-16-6-5-11-25-21(16)14-19(27)13-18-15-29-24(26-18)17-9-10-22(28-2)23(12-17)30-20-7-3-4-8-20/h5-6,9-12,15,20H,3-4,7-8,13-14H2,1-2H3. The normalized spacial score (nSPS) is 14.1. The van der Waals surface area contributed by atoms with Crippen molar-refractivity contribution in [2.45, 2.75) is 51.6 Å². The van der Waals surface area contributed by atoms with Crippen LogP contribution >= 0.6 is 0 Å². The first kappa shape index (κ1) is 20.1. The van der Waals surface area contributed by atoms with Gasteiger partial charge in [-0.1, -0.05) is 6.07 Å². The third-order valence-electron chi connectivity index (χ3n) is 5.42. The van der Waals surface area contributed by atoms with Crippen molar-refractivity contribution in [3.63, 3.8) is 0 Å². The van der Waals surface area contributed by atoms with Crippen molar-refractivity contribution >= 4 is 5.78 Å². The Morgan fingerprint density at radius 1 is 1.17 bits per heavy atom. The van der Waals surface area contributed by atoms with Gasteiger partial charge >= 0.3 is 0 Å². The van der Waals surface area contributed by atoms with E-state index in [1.807, 2.05) is 37.3 Å². The quantitative estimate of drug-likeness (QED) is 0.538. The fourth-order valence-electron chi connectivity index (χ4n) is 3.76. The smallest absolute Gasteiger partial charge is 0.226 e. The topological polar surface area (TPSA) is 74.5 Å². The summed E-state index contributed by atoms with van der Waals surface area (Å²) in [5.74, 6) is 1.91. The van der Waals surface area contributed by atoms with Crippen molar-refractivity contribution in [1.29, 1.82) is 0 Å². The largest absolute Gasteiger partial charge is 0.493 e. The van der Waals surface area contributed by atoms with E-state index in [-0.39, 0.29) is 24.7 Å². The number of hydrogen-bond donors (Lipinski definition) is 0. The van der Waals surface area contributed by atoms with Gasteiger partial charge in [0.15, 0.2) is 11.5 Å². The monoisotopic (exact) mass is 406 g/mol. The average Bonchev–Trinajstić information content (AvgIpc) is 3.42. The average molecular weight is 406 g/mol. The molecule has 6 nitrogen and oxygen atoms in total. The number of nitrogens with zero attached hydrogens (tertiary/aromatic N) is 2. The maximum absolute atomic E-state index is 12.5. The summed E-state index contributed by atoms with van der Waals surface area (Å²) in [4.78, 5) is 21.3. The summed E-state index contributed by atoms with van der Waals surface area (Å²) in [5.41, 5.74) is 3.22. The SMILES string of the molecule is COc1ccc(-c2nc(CC(=O)Cc3ncccc3C)co2)cc1OC1CCCC1. The number of rotatable bonds is 8. The first-order chi connectivity index (χ1) is 14.6. The van der Waals surface area contributed by atoms with E-state index in [9.17, 15) is 4.79 Å². The number of methoxy groups -OCH3 is 1. The second-order valence-electron chi connectivity index (χ2n) is 7.69. The lowest BCUT2D eigenvalue weighted by Crippen LogP contribution is -2.11. The zero-order chi connectivity index (χ0) is 20.9. The summed E-state index contributed by atoms with van der Waals surface area (Å²) in [6.45, 7) is 1.96. The predicted octanol–water partition coefficient (Wildman–Crippen LogP) is 4.73. The van der Waals surface area contributed by atoms with Gasteiger partial charge in [-0.3, -0.25) is 9.78 Å². The van der Waals surface area contributed by atoms with Crippen molar-refractivity contribution in [3.05, 3.63) is 59.7 Å². The maximum Gasteiger partial charge on any atom is 0.226 e. The Hall–Kier alpha value is -3.15. The second-order valence-corrected chi connectivity index (χ2v) is 7.69. The lowest BCUT2D eigenvalue weighted by Gasteiger charge is -2.16. The van der Waals surface area contributed by atoms with Crippen LogP contribution in [0.2, 0.25) is 0 Å². The van der Waals surface area contributed by atoms with Crippen LogP contribution in [0, 0.1) is 6.92 Å². The number of carbonyl (C=O) groups is 1. The zero-order valence-corrected chi connectivity index (χ0v) is 17.4. The number of Topliss-reactive ketones (excluding diaryl/α,β-unsaturated/α-hetero) is 1. The van der Waals surface area contributed by atoms with Gasteiger partial charge in [0.05, 0.1) is 31.0 Å². The van der Waals surface area contributed by atoms with E-state index in [4.69, 9.17) is 13.9 Å². The van der Waals surface area contributed by atoms with Crippen molar-refractivity contribution in [3.8, 4) is 23.0 Å². The number of ketones is 1. The third-order valence-corrected chi connectivity index (χ3v) is 5.42. The number of aromatic nitrogens is 2. The number of benzene rings is 1. The lowest BCUT2D eigenvalue weighted by atomic mass is 10.1. The molecule has 0 atom stereocenters. The van der Waals surface area contributed by atoms with Crippen LogP contribution in [0.5, 0.6) is 11.5 Å². The van der Waals surface area contributed by atoms with Crippen molar-refractivity contribution in [2.75, 3.05) is 7.11 Å². The van der Waals surface area contributed by atoms with Crippen LogP contribution in [0.4, 0.5) is 0 Å². The van der Waals surface area contributed by atoms with Crippen LogP contribution in [0.25, 0.3) is 11.5 Å². The molecule has 0 spiro atoms. The van der Waals surface area contributed by atoms with E-state index >= 15 is 0 Å². The first-order valence-electron chi connectivity index (χ1n) is 10.3. The number of hydrogen-bond acceptors (Lipinski definition) is 6. The summed E-state index contributed by atoms with van der Waals surface area (Å²) >= 11 is 0. The zero-order valence-electron chi connectivity index (χ0n) is 17.4. The molecule has 0 bridgehead atoms. The number of carbonyl (C=O) groups excluding carboxylic acids is 1. The highest BCUT2D eigenvalue weighted by atomic mass is 16.5. The van der Waals surface area contributed by atoms with Gasteiger partial charge in [-0.25, -0.2) is 4.98 Å². The first-order valence-corrected chi connectivity index (χ1v) is 10.3. The number of pyridine rings is 1. The van der Waals surface area contributed by atoms with Gasteiger partial charge in [-0.05, 0) is 62.4 Å². The highest BCUT2D eigenvalue weighted by Gasteiger charge is 2.20. The number of aryl methyl sites for hydroxylation is 1. The highest BCUT2D eigenvalue weighted by molar-refractivity contribution is 5.82. The van der Waals surface area contributed by atoms with Gasteiger partial charge in [-0.15, -0.1) is 0 Å². The van der Waals surface area contributed by atoms with Crippen LogP contribution < -0.4 is 9.47 Å². The Morgan fingerprint density at radius 3 is 2.77 bits per heavy atom. The van der Waals surface area contributed by atoms with Crippen molar-refractivity contribution < 1.29 is 18.7 Å². The van der Waals surface area contributed by atoms with Crippen molar-refractivity contribution in [2.24, 2.45) is 0 Å². The molecule has 0 aliphatic heterocycles. The van der Waals surface area contributed by atoms with E-state index < -0.39 is 0 Å². The number of ether oxygens (including phenoxy) is 2. The van der Waals surface area contributed by atoms with Crippen LogP contribution in [0.3, 0.4) is 0 Å². The Morgan fingerprint density at radius 2 is 2.00 bits per heavy atom. The molecule has 0 amide bonds. The fourth-order valence-corrected chi connectivity index (χ4v) is 3.76.